The largest absolute Gasteiger partial charge is 0.347 e. The van der Waals surface area contributed by atoms with Gasteiger partial charge in [0.25, 0.3) is 0 Å². The van der Waals surface area contributed by atoms with E-state index in [-0.39, 0.29) is 11.9 Å². The minimum atomic E-state index is -0.251. The second-order valence-corrected chi connectivity index (χ2v) is 8.82. The van der Waals surface area contributed by atoms with Crippen LogP contribution >= 0.6 is 0 Å². The molecule has 1 atom stereocenters. The lowest BCUT2D eigenvalue weighted by Gasteiger charge is -2.42. The van der Waals surface area contributed by atoms with E-state index in [4.69, 9.17) is 9.47 Å². The van der Waals surface area contributed by atoms with Crippen molar-refractivity contribution >= 4 is 0 Å². The van der Waals surface area contributed by atoms with E-state index in [0.29, 0.717) is 11.5 Å². The highest BCUT2D eigenvalue weighted by Crippen LogP contribution is 2.46. The molecule has 0 radical (unpaired) electrons. The molecule has 1 unspecified atom stereocenters. The maximum absolute atomic E-state index is 6.39. The fraction of sp³-hybridized carbons (Fsp3) is 1.00. The summed E-state index contributed by atoms with van der Waals surface area (Å²) in [7, 11) is 0. The normalized spacial score (nSPS) is 36.7. The van der Waals surface area contributed by atoms with Gasteiger partial charge in [-0.25, -0.2) is 0 Å². The number of hydrogen-bond acceptors (Lipinski definition) is 3. The van der Waals surface area contributed by atoms with E-state index in [1.54, 1.807) is 0 Å². The van der Waals surface area contributed by atoms with Crippen LogP contribution in [0.3, 0.4) is 0 Å². The van der Waals surface area contributed by atoms with E-state index in [1.807, 2.05) is 0 Å². The number of nitrogens with one attached hydrogen (secondary N) is 1. The van der Waals surface area contributed by atoms with Crippen molar-refractivity contribution in [3.63, 3.8) is 0 Å². The highest BCUT2D eigenvalue weighted by molar-refractivity contribution is 4.90. The molecule has 2 aliphatic carbocycles. The molecule has 3 heteroatoms. The molecule has 0 aromatic carbocycles. The maximum atomic E-state index is 6.39. The fourth-order valence-electron chi connectivity index (χ4n) is 4.71. The number of ether oxygens (including phenoxy) is 2. The average Bonchev–Trinajstić information content (AvgIpc) is 2.97. The molecule has 23 heavy (non-hydrogen) atoms. The van der Waals surface area contributed by atoms with Crippen molar-refractivity contribution in [2.45, 2.75) is 103 Å². The molecule has 1 saturated heterocycles. The molecule has 0 aromatic rings. The van der Waals surface area contributed by atoms with Gasteiger partial charge < -0.3 is 14.8 Å². The molecule has 1 spiro atoms. The Morgan fingerprint density at radius 1 is 1.04 bits per heavy atom. The van der Waals surface area contributed by atoms with Crippen molar-refractivity contribution < 1.29 is 9.47 Å². The summed E-state index contributed by atoms with van der Waals surface area (Å²) < 4.78 is 12.6. The van der Waals surface area contributed by atoms with Crippen LogP contribution in [0, 0.1) is 11.3 Å². The standard InChI is InChI=1S/C20H37NO2/c1-4-19(2,3)16-10-12-20(13-11-16)22-15-18(23-20)14-21-17-8-6-5-7-9-17/h16-18,21H,4-15H2,1-3H3. The van der Waals surface area contributed by atoms with Gasteiger partial charge in [-0.3, -0.25) is 0 Å². The third kappa shape index (κ3) is 4.29. The zero-order chi connectivity index (χ0) is 16.3. The van der Waals surface area contributed by atoms with E-state index < -0.39 is 0 Å². The molecule has 3 nitrogen and oxygen atoms in total. The van der Waals surface area contributed by atoms with Crippen molar-refractivity contribution in [3.8, 4) is 0 Å². The summed E-state index contributed by atoms with van der Waals surface area (Å²) in [5.74, 6) is 0.573. The van der Waals surface area contributed by atoms with Crippen molar-refractivity contribution in [3.05, 3.63) is 0 Å². The molecule has 1 aliphatic heterocycles. The minimum Gasteiger partial charge on any atom is -0.347 e. The van der Waals surface area contributed by atoms with Gasteiger partial charge in [-0.05, 0) is 37.0 Å². The molecule has 3 rings (SSSR count). The maximum Gasteiger partial charge on any atom is 0.168 e. The lowest BCUT2D eigenvalue weighted by atomic mass is 9.68. The van der Waals surface area contributed by atoms with Crippen molar-refractivity contribution in [1.82, 2.24) is 5.32 Å². The lowest BCUT2D eigenvalue weighted by molar-refractivity contribution is -0.196. The molecule has 0 aromatic heterocycles. The second-order valence-electron chi connectivity index (χ2n) is 8.82. The van der Waals surface area contributed by atoms with E-state index >= 15 is 0 Å². The van der Waals surface area contributed by atoms with Crippen LogP contribution in [0.15, 0.2) is 0 Å². The molecule has 134 valence electrons. The van der Waals surface area contributed by atoms with Gasteiger partial charge in [0.05, 0.1) is 12.7 Å². The van der Waals surface area contributed by atoms with Crippen LogP contribution in [0.2, 0.25) is 0 Å². The van der Waals surface area contributed by atoms with Crippen LogP contribution in [-0.4, -0.2) is 31.1 Å². The van der Waals surface area contributed by atoms with E-state index in [2.05, 4.69) is 26.1 Å². The quantitative estimate of drug-likeness (QED) is 0.799. The summed E-state index contributed by atoms with van der Waals surface area (Å²) in [4.78, 5) is 0. The summed E-state index contributed by atoms with van der Waals surface area (Å²) in [5, 5.41) is 3.72. The molecule has 0 bridgehead atoms. The summed E-state index contributed by atoms with van der Waals surface area (Å²) in [6.07, 6.45) is 13.1. The topological polar surface area (TPSA) is 30.5 Å². The van der Waals surface area contributed by atoms with Crippen LogP contribution in [0.5, 0.6) is 0 Å². The molecular formula is C20H37NO2. The monoisotopic (exact) mass is 323 g/mol. The minimum absolute atomic E-state index is 0.251. The van der Waals surface area contributed by atoms with Crippen LogP contribution < -0.4 is 5.32 Å². The number of rotatable bonds is 5. The Balaban J connectivity index is 1.42. The molecular weight excluding hydrogens is 286 g/mol. The van der Waals surface area contributed by atoms with Gasteiger partial charge in [-0.2, -0.15) is 0 Å². The van der Waals surface area contributed by atoms with E-state index in [1.165, 1.54) is 51.4 Å². The summed E-state index contributed by atoms with van der Waals surface area (Å²) in [6, 6.07) is 0.713. The Morgan fingerprint density at radius 2 is 1.74 bits per heavy atom. The predicted molar refractivity (Wildman–Crippen MR) is 94.5 cm³/mol. The van der Waals surface area contributed by atoms with E-state index in [0.717, 1.165) is 31.9 Å². The lowest BCUT2D eigenvalue weighted by Crippen LogP contribution is -2.41. The first-order chi connectivity index (χ1) is 11.0. The Morgan fingerprint density at radius 3 is 2.39 bits per heavy atom. The summed E-state index contributed by atoms with van der Waals surface area (Å²) >= 11 is 0. The van der Waals surface area contributed by atoms with Gasteiger partial charge in [0.15, 0.2) is 5.79 Å². The smallest absolute Gasteiger partial charge is 0.168 e. The summed E-state index contributed by atoms with van der Waals surface area (Å²) in [6.45, 7) is 8.91. The van der Waals surface area contributed by atoms with Crippen LogP contribution in [0.1, 0.15) is 85.0 Å². The van der Waals surface area contributed by atoms with Crippen molar-refractivity contribution in [1.29, 1.82) is 0 Å². The first kappa shape index (κ1) is 17.7. The van der Waals surface area contributed by atoms with Crippen LogP contribution in [0.25, 0.3) is 0 Å². The Kier molecular flexibility index (Phi) is 5.70. The molecule has 1 heterocycles. The second kappa shape index (κ2) is 7.41. The highest BCUT2D eigenvalue weighted by atomic mass is 16.7. The molecule has 2 saturated carbocycles. The average molecular weight is 324 g/mol. The SMILES string of the molecule is CCC(C)(C)C1CCC2(CC1)OCC(CNC1CCCCC1)O2. The fourth-order valence-corrected chi connectivity index (χ4v) is 4.71. The van der Waals surface area contributed by atoms with Gasteiger partial charge in [-0.15, -0.1) is 0 Å². The van der Waals surface area contributed by atoms with Gasteiger partial charge in [0, 0.05) is 25.4 Å². The van der Waals surface area contributed by atoms with Gasteiger partial charge in [0.1, 0.15) is 0 Å². The van der Waals surface area contributed by atoms with Gasteiger partial charge >= 0.3 is 0 Å². The predicted octanol–water partition coefficient (Wildman–Crippen LogP) is 4.65. The molecule has 1 N–H and O–H groups in total. The third-order valence-electron chi connectivity index (χ3n) is 6.92. The summed E-state index contributed by atoms with van der Waals surface area (Å²) in [5.41, 5.74) is 0.460. The van der Waals surface area contributed by atoms with Gasteiger partial charge in [0.2, 0.25) is 0 Å². The zero-order valence-electron chi connectivity index (χ0n) is 15.5. The van der Waals surface area contributed by atoms with Crippen molar-refractivity contribution in [2.75, 3.05) is 13.2 Å². The first-order valence-electron chi connectivity index (χ1n) is 10.1. The Bertz CT molecular complexity index is 368. The molecule has 0 amide bonds. The number of hydrogen-bond donors (Lipinski definition) is 1. The first-order valence-corrected chi connectivity index (χ1v) is 10.1. The van der Waals surface area contributed by atoms with Gasteiger partial charge in [-0.1, -0.05) is 46.5 Å². The highest BCUT2D eigenvalue weighted by Gasteiger charge is 2.46. The molecule has 3 fully saturated rings. The van der Waals surface area contributed by atoms with Crippen LogP contribution in [-0.2, 0) is 9.47 Å². The Hall–Kier alpha value is -0.120. The third-order valence-corrected chi connectivity index (χ3v) is 6.92. The van der Waals surface area contributed by atoms with Crippen LogP contribution in [0.4, 0.5) is 0 Å². The Labute approximate surface area is 142 Å². The van der Waals surface area contributed by atoms with E-state index in [9.17, 15) is 0 Å². The molecule has 3 aliphatic rings. The zero-order valence-corrected chi connectivity index (χ0v) is 15.5. The van der Waals surface area contributed by atoms with Crippen molar-refractivity contribution in [2.24, 2.45) is 11.3 Å².